The molecule has 0 aromatic carbocycles. The van der Waals surface area contributed by atoms with Crippen molar-refractivity contribution in [3.05, 3.63) is 0 Å². The summed E-state index contributed by atoms with van der Waals surface area (Å²) >= 11 is 0. The Bertz CT molecular complexity index is 591. The van der Waals surface area contributed by atoms with E-state index in [1.807, 2.05) is 14.0 Å². The van der Waals surface area contributed by atoms with Crippen molar-refractivity contribution >= 4 is 12.3 Å². The molecule has 16 nitrogen and oxygen atoms in total. The number of likely N-dealkylation sites (N-methyl/N-ethyl adjacent to an activating group) is 1. The summed E-state index contributed by atoms with van der Waals surface area (Å²) < 4.78 is 58.0. The van der Waals surface area contributed by atoms with Crippen LogP contribution in [0, 0.1) is 0 Å². The van der Waals surface area contributed by atoms with Gasteiger partial charge in [0.05, 0.1) is 132 Å². The summed E-state index contributed by atoms with van der Waals surface area (Å²) in [7, 11) is 1.89. The monoisotopic (exact) mass is 687 g/mol. The van der Waals surface area contributed by atoms with Crippen LogP contribution >= 0.6 is 0 Å². The minimum absolute atomic E-state index is 0.236. The summed E-state index contributed by atoms with van der Waals surface area (Å²) in [5, 5.41) is 3.00. The van der Waals surface area contributed by atoms with Crippen molar-refractivity contribution in [1.82, 2.24) is 5.32 Å². The van der Waals surface area contributed by atoms with E-state index in [0.717, 1.165) is 13.0 Å². The van der Waals surface area contributed by atoms with Gasteiger partial charge in [0.2, 0.25) is 0 Å². The molecule has 0 aromatic rings. The number of nitrogens with two attached hydrogens (primary N) is 2. The third-order valence-electron chi connectivity index (χ3n) is 5.53. The first-order valence-corrected chi connectivity index (χ1v) is 16.6. The molecule has 0 aliphatic carbocycles. The summed E-state index contributed by atoms with van der Waals surface area (Å²) in [5.74, 6) is 0.267. The minimum Gasteiger partial charge on any atom is -0.460 e. The molecule has 0 aromatic heterocycles. The first kappa shape index (κ1) is 47.7. The molecule has 0 amide bonds. The molecule has 0 saturated carbocycles. The standard InChI is InChI=1S/C16H34N2O8.C15H31NO5/c17-1-3-20-5-7-22-9-11-24-13-16(26-15-19)14-25-12-10-23-8-6-21-4-2-18;1-3-4-15(17)5-7-18-9-11-20-13-14-21-12-10-19-8-6-16-2/h15-16H,1-14,17-18H2;16H,3-14H2,1-2H3. The number of Topliss-reactive ketones (excluding diaryl/α,β-unsaturated/α-hetero) is 1. The fourth-order valence-corrected chi connectivity index (χ4v) is 3.21. The van der Waals surface area contributed by atoms with Gasteiger partial charge in [-0.15, -0.1) is 0 Å². The fourth-order valence-electron chi connectivity index (χ4n) is 3.21. The van der Waals surface area contributed by atoms with Crippen molar-refractivity contribution in [1.29, 1.82) is 0 Å². The summed E-state index contributed by atoms with van der Waals surface area (Å²) in [6.45, 7) is 13.9. The Balaban J connectivity index is 0. The second kappa shape index (κ2) is 44.6. The summed E-state index contributed by atoms with van der Waals surface area (Å²) in [6.07, 6.45) is 1.59. The molecule has 0 aliphatic heterocycles. The number of rotatable bonds is 39. The third kappa shape index (κ3) is 44.6. The lowest BCUT2D eigenvalue weighted by Crippen LogP contribution is -2.27. The van der Waals surface area contributed by atoms with E-state index < -0.39 is 6.10 Å². The highest BCUT2D eigenvalue weighted by Crippen LogP contribution is 1.96. The van der Waals surface area contributed by atoms with Gasteiger partial charge in [-0.25, -0.2) is 0 Å². The Morgan fingerprint density at radius 2 is 0.915 bits per heavy atom. The average molecular weight is 688 g/mol. The second-order valence-corrected chi connectivity index (χ2v) is 9.62. The molecule has 0 heterocycles. The largest absolute Gasteiger partial charge is 0.460 e. The lowest BCUT2D eigenvalue weighted by Gasteiger charge is -2.16. The zero-order chi connectivity index (χ0) is 34.7. The molecular formula is C31H65N3O13. The third-order valence-corrected chi connectivity index (χ3v) is 5.53. The van der Waals surface area contributed by atoms with Crippen LogP contribution in [0.2, 0.25) is 0 Å². The molecule has 47 heavy (non-hydrogen) atoms. The van der Waals surface area contributed by atoms with Crippen LogP contribution in [0.15, 0.2) is 0 Å². The smallest absolute Gasteiger partial charge is 0.293 e. The summed E-state index contributed by atoms with van der Waals surface area (Å²) in [6, 6.07) is 0. The molecule has 0 saturated heterocycles. The number of hydrogen-bond donors (Lipinski definition) is 3. The van der Waals surface area contributed by atoms with Gasteiger partial charge in [-0.3, -0.25) is 9.59 Å². The van der Waals surface area contributed by atoms with Crippen LogP contribution in [-0.4, -0.2) is 177 Å². The van der Waals surface area contributed by atoms with Gasteiger partial charge in [0.15, 0.2) is 0 Å². The van der Waals surface area contributed by atoms with Gasteiger partial charge in [0.25, 0.3) is 6.47 Å². The molecule has 0 rings (SSSR count). The summed E-state index contributed by atoms with van der Waals surface area (Å²) in [5.41, 5.74) is 10.6. The van der Waals surface area contributed by atoms with Crippen molar-refractivity contribution in [3.8, 4) is 0 Å². The topological polar surface area (TPSA) is 200 Å². The van der Waals surface area contributed by atoms with E-state index in [2.05, 4.69) is 5.32 Å². The summed E-state index contributed by atoms with van der Waals surface area (Å²) in [4.78, 5) is 21.7. The van der Waals surface area contributed by atoms with Gasteiger partial charge < -0.3 is 68.9 Å². The number of carbonyl (C=O) groups is 2. The highest BCUT2D eigenvalue weighted by Gasteiger charge is 2.10. The second-order valence-electron chi connectivity index (χ2n) is 9.62. The van der Waals surface area contributed by atoms with E-state index in [0.29, 0.717) is 151 Å². The van der Waals surface area contributed by atoms with Crippen LogP contribution in [0.5, 0.6) is 0 Å². The van der Waals surface area contributed by atoms with Gasteiger partial charge in [-0.05, 0) is 13.5 Å². The quantitative estimate of drug-likeness (QED) is 0.0555. The molecule has 5 N–H and O–H groups in total. The maximum absolute atomic E-state index is 11.2. The van der Waals surface area contributed by atoms with Crippen LogP contribution in [0.3, 0.4) is 0 Å². The molecule has 282 valence electrons. The predicted octanol–water partition coefficient (Wildman–Crippen LogP) is -0.423. The maximum Gasteiger partial charge on any atom is 0.293 e. The van der Waals surface area contributed by atoms with E-state index in [1.54, 1.807) is 0 Å². The molecular weight excluding hydrogens is 622 g/mol. The predicted molar refractivity (Wildman–Crippen MR) is 176 cm³/mol. The average Bonchev–Trinajstić information content (AvgIpc) is 3.07. The molecule has 0 spiro atoms. The molecule has 0 fully saturated rings. The molecule has 0 unspecified atom stereocenters. The van der Waals surface area contributed by atoms with Crippen LogP contribution < -0.4 is 16.8 Å². The zero-order valence-corrected chi connectivity index (χ0v) is 29.0. The Morgan fingerprint density at radius 1 is 0.553 bits per heavy atom. The SMILES string of the molecule is CCCC(=O)CCOCCOCCOCCOCCNC.NCCOCCOCCOCC(COCCOCCOCCN)OC=O. The Morgan fingerprint density at radius 3 is 1.28 bits per heavy atom. The van der Waals surface area contributed by atoms with Crippen LogP contribution in [-0.2, 0) is 61.7 Å². The van der Waals surface area contributed by atoms with E-state index >= 15 is 0 Å². The van der Waals surface area contributed by atoms with Crippen LogP contribution in [0.1, 0.15) is 26.2 Å². The molecule has 0 bridgehead atoms. The van der Waals surface area contributed by atoms with Gasteiger partial charge in [-0.1, -0.05) is 6.92 Å². The number of hydrogen-bond acceptors (Lipinski definition) is 16. The van der Waals surface area contributed by atoms with E-state index in [4.69, 9.17) is 63.6 Å². The van der Waals surface area contributed by atoms with Gasteiger partial charge in [-0.2, -0.15) is 0 Å². The van der Waals surface area contributed by atoms with Crippen molar-refractivity contribution in [2.75, 3.05) is 159 Å². The van der Waals surface area contributed by atoms with Crippen molar-refractivity contribution < 1.29 is 61.7 Å². The van der Waals surface area contributed by atoms with Gasteiger partial charge >= 0.3 is 0 Å². The Labute approximate surface area is 281 Å². The van der Waals surface area contributed by atoms with E-state index in [1.165, 1.54) is 0 Å². The van der Waals surface area contributed by atoms with Crippen molar-refractivity contribution in [2.45, 2.75) is 32.3 Å². The lowest BCUT2D eigenvalue weighted by atomic mass is 10.2. The number of nitrogens with one attached hydrogen (secondary N) is 1. The maximum atomic E-state index is 11.2. The van der Waals surface area contributed by atoms with Crippen LogP contribution in [0.25, 0.3) is 0 Å². The van der Waals surface area contributed by atoms with E-state index in [9.17, 15) is 9.59 Å². The Kier molecular flexibility index (Phi) is 45.3. The highest BCUT2D eigenvalue weighted by atomic mass is 16.6. The number of ketones is 1. The van der Waals surface area contributed by atoms with Crippen molar-refractivity contribution in [3.63, 3.8) is 0 Å². The molecule has 16 heteroatoms. The molecule has 0 atom stereocenters. The van der Waals surface area contributed by atoms with Gasteiger partial charge in [0.1, 0.15) is 11.9 Å². The molecule has 0 radical (unpaired) electrons. The normalized spacial score (nSPS) is 11.1. The Hall–Kier alpha value is -1.38. The first-order chi connectivity index (χ1) is 23.2. The lowest BCUT2D eigenvalue weighted by molar-refractivity contribution is -0.141. The number of ether oxygens (including phenoxy) is 11. The number of carbonyl (C=O) groups excluding carboxylic acids is 2. The minimum atomic E-state index is -0.465. The fraction of sp³-hybridized carbons (Fsp3) is 0.935. The molecule has 0 aliphatic rings. The zero-order valence-electron chi connectivity index (χ0n) is 29.0. The highest BCUT2D eigenvalue weighted by molar-refractivity contribution is 5.78. The van der Waals surface area contributed by atoms with Crippen molar-refractivity contribution in [2.24, 2.45) is 11.5 Å². The van der Waals surface area contributed by atoms with Crippen LogP contribution in [0.4, 0.5) is 0 Å². The van der Waals surface area contributed by atoms with E-state index in [-0.39, 0.29) is 19.0 Å². The first-order valence-electron chi connectivity index (χ1n) is 16.6. The van der Waals surface area contributed by atoms with Gasteiger partial charge in [0, 0.05) is 32.5 Å².